The van der Waals surface area contributed by atoms with Crippen molar-refractivity contribution < 1.29 is 9.53 Å². The Morgan fingerprint density at radius 1 is 1.24 bits per heavy atom. The molecule has 3 nitrogen and oxygen atoms in total. The van der Waals surface area contributed by atoms with Gasteiger partial charge in [-0.1, -0.05) is 43.7 Å². The molecule has 0 aromatic heterocycles. The number of piperidine rings is 1. The number of carbonyl (C=O) groups excluding carboxylic acids is 1. The summed E-state index contributed by atoms with van der Waals surface area (Å²) in [6.07, 6.45) is 3.81. The second-order valence-electron chi connectivity index (χ2n) is 6.31. The Bertz CT molecular complexity index is 436. The number of esters is 1. The van der Waals surface area contributed by atoms with E-state index in [1.54, 1.807) is 0 Å². The molecule has 1 saturated heterocycles. The number of nitrogens with zero attached hydrogens (tertiary/aromatic N) is 1. The third-order valence-electron chi connectivity index (χ3n) is 4.43. The normalized spacial score (nSPS) is 18.4. The number of unbranched alkanes of at least 4 members (excludes halogenated alkanes) is 1. The molecular weight excluding hydrogens is 262 g/mol. The number of ether oxygens (including phenoxy) is 1. The van der Waals surface area contributed by atoms with Gasteiger partial charge in [0.1, 0.15) is 0 Å². The van der Waals surface area contributed by atoms with Crippen LogP contribution in [0.4, 0.5) is 0 Å². The zero-order valence-corrected chi connectivity index (χ0v) is 13.3. The minimum Gasteiger partial charge on any atom is -0.465 e. The molecule has 0 N–H and O–H groups in total. The van der Waals surface area contributed by atoms with Crippen LogP contribution in [-0.4, -0.2) is 30.6 Å². The molecule has 0 amide bonds. The second kappa shape index (κ2) is 7.60. The van der Waals surface area contributed by atoms with E-state index >= 15 is 0 Å². The maximum absolute atomic E-state index is 12.2. The van der Waals surface area contributed by atoms with Crippen LogP contribution in [0.25, 0.3) is 0 Å². The van der Waals surface area contributed by atoms with Crippen molar-refractivity contribution in [3.05, 3.63) is 35.9 Å². The zero-order valence-electron chi connectivity index (χ0n) is 13.3. The molecule has 0 unspecified atom stereocenters. The minimum atomic E-state index is -0.291. The Morgan fingerprint density at radius 2 is 1.90 bits per heavy atom. The molecular formula is C18H27NO2. The van der Waals surface area contributed by atoms with E-state index < -0.39 is 0 Å². The Kier molecular flexibility index (Phi) is 5.80. The number of carbonyl (C=O) groups is 1. The lowest BCUT2D eigenvalue weighted by Crippen LogP contribution is -2.43. The Morgan fingerprint density at radius 3 is 2.52 bits per heavy atom. The van der Waals surface area contributed by atoms with Crippen LogP contribution in [0.15, 0.2) is 30.3 Å². The molecule has 2 rings (SSSR count). The zero-order chi connectivity index (χ0) is 15.1. The van der Waals surface area contributed by atoms with E-state index in [0.717, 1.165) is 45.3 Å². The average Bonchev–Trinajstić information content (AvgIpc) is 2.51. The van der Waals surface area contributed by atoms with Crippen molar-refractivity contribution in [2.24, 2.45) is 5.41 Å². The maximum Gasteiger partial charge on any atom is 0.311 e. The first-order valence-electron chi connectivity index (χ1n) is 8.07. The van der Waals surface area contributed by atoms with E-state index in [1.807, 2.05) is 6.07 Å². The summed E-state index contributed by atoms with van der Waals surface area (Å²) in [5, 5.41) is 0. The summed E-state index contributed by atoms with van der Waals surface area (Å²) in [6, 6.07) is 10.5. The maximum atomic E-state index is 12.2. The predicted molar refractivity (Wildman–Crippen MR) is 84.9 cm³/mol. The molecule has 1 aliphatic rings. The van der Waals surface area contributed by atoms with Gasteiger partial charge in [-0.25, -0.2) is 0 Å². The van der Waals surface area contributed by atoms with E-state index in [9.17, 15) is 4.79 Å². The molecule has 0 spiro atoms. The van der Waals surface area contributed by atoms with Crippen LogP contribution in [-0.2, 0) is 16.1 Å². The molecule has 21 heavy (non-hydrogen) atoms. The summed E-state index contributed by atoms with van der Waals surface area (Å²) in [4.78, 5) is 14.6. The van der Waals surface area contributed by atoms with Crippen LogP contribution in [0, 0.1) is 5.41 Å². The monoisotopic (exact) mass is 289 g/mol. The van der Waals surface area contributed by atoms with Gasteiger partial charge in [-0.15, -0.1) is 0 Å². The van der Waals surface area contributed by atoms with Gasteiger partial charge >= 0.3 is 5.97 Å². The van der Waals surface area contributed by atoms with E-state index in [4.69, 9.17) is 4.74 Å². The molecule has 1 aromatic carbocycles. The smallest absolute Gasteiger partial charge is 0.311 e. The minimum absolute atomic E-state index is 0.00434. The molecule has 0 atom stereocenters. The lowest BCUT2D eigenvalue weighted by Gasteiger charge is -2.37. The van der Waals surface area contributed by atoms with E-state index in [1.165, 1.54) is 5.56 Å². The molecule has 1 fully saturated rings. The predicted octanol–water partition coefficient (Wildman–Crippen LogP) is 3.63. The van der Waals surface area contributed by atoms with Crippen LogP contribution < -0.4 is 0 Å². The lowest BCUT2D eigenvalue weighted by molar-refractivity contribution is -0.158. The highest BCUT2D eigenvalue weighted by atomic mass is 16.5. The first-order valence-corrected chi connectivity index (χ1v) is 8.07. The molecule has 0 bridgehead atoms. The molecule has 0 saturated carbocycles. The fourth-order valence-corrected chi connectivity index (χ4v) is 2.73. The van der Waals surface area contributed by atoms with Crippen LogP contribution in [0.2, 0.25) is 0 Å². The number of benzene rings is 1. The first kappa shape index (κ1) is 16.0. The largest absolute Gasteiger partial charge is 0.465 e. The van der Waals surface area contributed by atoms with Crippen LogP contribution in [0.1, 0.15) is 45.1 Å². The van der Waals surface area contributed by atoms with Crippen molar-refractivity contribution in [3.8, 4) is 0 Å². The summed E-state index contributed by atoms with van der Waals surface area (Å²) in [7, 11) is 0. The van der Waals surface area contributed by atoms with Gasteiger partial charge in [0.2, 0.25) is 0 Å². The van der Waals surface area contributed by atoms with Crippen LogP contribution >= 0.6 is 0 Å². The molecule has 3 heteroatoms. The highest BCUT2D eigenvalue weighted by Crippen LogP contribution is 2.32. The lowest BCUT2D eigenvalue weighted by atomic mass is 9.80. The summed E-state index contributed by atoms with van der Waals surface area (Å²) < 4.78 is 5.42. The van der Waals surface area contributed by atoms with Gasteiger partial charge in [0, 0.05) is 6.54 Å². The second-order valence-corrected chi connectivity index (χ2v) is 6.31. The average molecular weight is 289 g/mol. The number of rotatable bonds is 6. The van der Waals surface area contributed by atoms with Crippen molar-refractivity contribution in [2.75, 3.05) is 19.7 Å². The fraction of sp³-hybridized carbons (Fsp3) is 0.611. The number of likely N-dealkylation sites (tertiary alicyclic amines) is 1. The molecule has 116 valence electrons. The molecule has 1 aliphatic heterocycles. The highest BCUT2D eigenvalue weighted by molar-refractivity contribution is 5.76. The van der Waals surface area contributed by atoms with Gasteiger partial charge in [-0.2, -0.15) is 0 Å². The van der Waals surface area contributed by atoms with Gasteiger partial charge < -0.3 is 4.74 Å². The first-order chi connectivity index (χ1) is 10.1. The van der Waals surface area contributed by atoms with E-state index in [-0.39, 0.29) is 11.4 Å². The van der Waals surface area contributed by atoms with Gasteiger partial charge in [0.15, 0.2) is 0 Å². The summed E-state index contributed by atoms with van der Waals surface area (Å²) in [6.45, 7) is 7.64. The number of hydrogen-bond acceptors (Lipinski definition) is 3. The van der Waals surface area contributed by atoms with Gasteiger partial charge in [0.25, 0.3) is 0 Å². The Balaban J connectivity index is 1.80. The van der Waals surface area contributed by atoms with Crippen molar-refractivity contribution in [1.29, 1.82) is 0 Å². The number of hydrogen-bond donors (Lipinski definition) is 0. The van der Waals surface area contributed by atoms with Crippen LogP contribution in [0.3, 0.4) is 0 Å². The third-order valence-corrected chi connectivity index (χ3v) is 4.43. The summed E-state index contributed by atoms with van der Waals surface area (Å²) in [5.41, 5.74) is 1.05. The van der Waals surface area contributed by atoms with E-state index in [0.29, 0.717) is 6.61 Å². The summed E-state index contributed by atoms with van der Waals surface area (Å²) in [5.74, 6) is -0.00434. The van der Waals surface area contributed by atoms with Crippen molar-refractivity contribution >= 4 is 5.97 Å². The highest BCUT2D eigenvalue weighted by Gasteiger charge is 2.38. The Labute approximate surface area is 128 Å². The van der Waals surface area contributed by atoms with E-state index in [2.05, 4.69) is 43.0 Å². The van der Waals surface area contributed by atoms with Crippen molar-refractivity contribution in [1.82, 2.24) is 4.90 Å². The van der Waals surface area contributed by atoms with Gasteiger partial charge in [-0.05, 0) is 44.8 Å². The van der Waals surface area contributed by atoms with Crippen LogP contribution in [0.5, 0.6) is 0 Å². The quantitative estimate of drug-likeness (QED) is 0.591. The standard InChI is InChI=1S/C18H27NO2/c1-3-4-14-21-17(20)18(2)10-12-19(13-11-18)15-16-8-6-5-7-9-16/h5-9H,3-4,10-15H2,1-2H3. The molecule has 0 aliphatic carbocycles. The third kappa shape index (κ3) is 4.57. The Hall–Kier alpha value is -1.35. The summed E-state index contributed by atoms with van der Waals surface area (Å²) >= 11 is 0. The van der Waals surface area contributed by atoms with Gasteiger partial charge in [0.05, 0.1) is 12.0 Å². The fourth-order valence-electron chi connectivity index (χ4n) is 2.73. The topological polar surface area (TPSA) is 29.5 Å². The molecule has 1 heterocycles. The van der Waals surface area contributed by atoms with Crippen molar-refractivity contribution in [2.45, 2.75) is 46.1 Å². The van der Waals surface area contributed by atoms with Gasteiger partial charge in [-0.3, -0.25) is 9.69 Å². The SMILES string of the molecule is CCCCOC(=O)C1(C)CCN(Cc2ccccc2)CC1. The van der Waals surface area contributed by atoms with Crippen molar-refractivity contribution in [3.63, 3.8) is 0 Å². The molecule has 1 aromatic rings. The molecule has 0 radical (unpaired) electrons.